The molecule has 0 saturated carbocycles. The first kappa shape index (κ1) is 32.6. The van der Waals surface area contributed by atoms with Gasteiger partial charge in [-0.1, -0.05) is 75.4 Å². The molecule has 214 valence electrons. The van der Waals surface area contributed by atoms with Gasteiger partial charge in [-0.3, -0.25) is 4.79 Å². The molecule has 0 bridgehead atoms. The van der Waals surface area contributed by atoms with Crippen LogP contribution < -0.4 is 5.32 Å². The van der Waals surface area contributed by atoms with E-state index < -0.39 is 0 Å². The van der Waals surface area contributed by atoms with Crippen LogP contribution in [0.2, 0.25) is 0 Å². The number of nitrogens with zero attached hydrogens (tertiary/aromatic N) is 1. The van der Waals surface area contributed by atoms with Gasteiger partial charge in [0.05, 0.1) is 0 Å². The summed E-state index contributed by atoms with van der Waals surface area (Å²) < 4.78 is 0. The van der Waals surface area contributed by atoms with Crippen LogP contribution in [-0.4, -0.2) is 23.5 Å². The SMILES string of the molecule is C/C=C(/C)c1cccc(CN(C)C(=CCC)Nc2ccc3ccccc3c2)c1CC.CC(=O)CCC(C)C(C)=O. The molecular weight excluding hydrogens is 492 g/mol. The van der Waals surface area contributed by atoms with E-state index in [9.17, 15) is 9.59 Å². The van der Waals surface area contributed by atoms with Gasteiger partial charge in [-0.2, -0.15) is 0 Å². The number of hydrogen-bond donors (Lipinski definition) is 1. The van der Waals surface area contributed by atoms with Crippen LogP contribution in [0, 0.1) is 5.92 Å². The molecule has 0 aliphatic rings. The second kappa shape index (κ2) is 16.4. The van der Waals surface area contributed by atoms with Crippen molar-refractivity contribution < 1.29 is 9.59 Å². The number of anilines is 1. The molecule has 3 aromatic carbocycles. The van der Waals surface area contributed by atoms with Gasteiger partial charge in [0.1, 0.15) is 17.4 Å². The van der Waals surface area contributed by atoms with Crippen molar-refractivity contribution >= 4 is 33.6 Å². The van der Waals surface area contributed by atoms with E-state index in [2.05, 4.69) is 118 Å². The number of ketones is 2. The Bertz CT molecular complexity index is 1340. The lowest BCUT2D eigenvalue weighted by Crippen LogP contribution is -2.23. The predicted molar refractivity (Wildman–Crippen MR) is 172 cm³/mol. The van der Waals surface area contributed by atoms with Crippen molar-refractivity contribution in [2.45, 2.75) is 80.7 Å². The van der Waals surface area contributed by atoms with Crippen LogP contribution in [0.4, 0.5) is 5.69 Å². The van der Waals surface area contributed by atoms with E-state index in [-0.39, 0.29) is 17.5 Å². The first-order valence-corrected chi connectivity index (χ1v) is 14.5. The fourth-order valence-corrected chi connectivity index (χ4v) is 4.60. The minimum atomic E-state index is 0.0453. The van der Waals surface area contributed by atoms with Gasteiger partial charge >= 0.3 is 0 Å². The molecular formula is C36H48N2O2. The molecule has 0 heterocycles. The third-order valence-corrected chi connectivity index (χ3v) is 7.35. The molecule has 0 aliphatic heterocycles. The Morgan fingerprint density at radius 1 is 0.950 bits per heavy atom. The molecule has 3 rings (SSSR count). The second-order valence-electron chi connectivity index (χ2n) is 10.6. The van der Waals surface area contributed by atoms with Crippen LogP contribution in [-0.2, 0) is 22.6 Å². The highest BCUT2D eigenvalue weighted by atomic mass is 16.1. The average Bonchev–Trinajstić information content (AvgIpc) is 2.95. The Balaban J connectivity index is 0.000000478. The Morgan fingerprint density at radius 2 is 1.65 bits per heavy atom. The van der Waals surface area contributed by atoms with Crippen LogP contribution >= 0.6 is 0 Å². The minimum absolute atomic E-state index is 0.0453. The fraction of sp³-hybridized carbons (Fsp3) is 0.389. The quantitative estimate of drug-likeness (QED) is 0.249. The molecule has 0 spiro atoms. The molecule has 1 atom stereocenters. The van der Waals surface area contributed by atoms with Crippen molar-refractivity contribution in [3.63, 3.8) is 0 Å². The maximum absolute atomic E-state index is 10.6. The van der Waals surface area contributed by atoms with Crippen molar-refractivity contribution in [1.82, 2.24) is 4.90 Å². The van der Waals surface area contributed by atoms with E-state index in [4.69, 9.17) is 0 Å². The molecule has 4 nitrogen and oxygen atoms in total. The first-order chi connectivity index (χ1) is 19.1. The summed E-state index contributed by atoms with van der Waals surface area (Å²) in [7, 11) is 2.17. The Kier molecular flexibility index (Phi) is 13.4. The molecule has 1 unspecified atom stereocenters. The lowest BCUT2D eigenvalue weighted by atomic mass is 9.94. The van der Waals surface area contributed by atoms with Gasteiger partial charge < -0.3 is 15.0 Å². The number of carbonyl (C=O) groups excluding carboxylic acids is 2. The first-order valence-electron chi connectivity index (χ1n) is 14.5. The molecule has 3 aromatic rings. The number of rotatable bonds is 12. The summed E-state index contributed by atoms with van der Waals surface area (Å²) in [6.45, 7) is 14.6. The van der Waals surface area contributed by atoms with Gasteiger partial charge in [-0.25, -0.2) is 0 Å². The van der Waals surface area contributed by atoms with E-state index in [0.29, 0.717) is 12.8 Å². The summed E-state index contributed by atoms with van der Waals surface area (Å²) >= 11 is 0. The maximum atomic E-state index is 10.6. The lowest BCUT2D eigenvalue weighted by molar-refractivity contribution is -0.121. The molecule has 0 radical (unpaired) electrons. The largest absolute Gasteiger partial charge is 0.357 e. The number of carbonyl (C=O) groups is 2. The van der Waals surface area contributed by atoms with E-state index >= 15 is 0 Å². The fourth-order valence-electron chi connectivity index (χ4n) is 4.60. The van der Waals surface area contributed by atoms with Crippen LogP contribution in [0.1, 0.15) is 84.4 Å². The maximum Gasteiger partial charge on any atom is 0.132 e. The minimum Gasteiger partial charge on any atom is -0.357 e. The highest BCUT2D eigenvalue weighted by molar-refractivity contribution is 5.86. The number of fused-ring (bicyclic) bond motifs is 1. The number of allylic oxidation sites excluding steroid dienone is 3. The van der Waals surface area contributed by atoms with Gasteiger partial charge in [0, 0.05) is 31.6 Å². The molecule has 0 amide bonds. The van der Waals surface area contributed by atoms with Crippen molar-refractivity contribution in [3.05, 3.63) is 95.3 Å². The molecule has 1 N–H and O–H groups in total. The smallest absolute Gasteiger partial charge is 0.132 e. The monoisotopic (exact) mass is 540 g/mol. The number of hydrogen-bond acceptors (Lipinski definition) is 4. The number of nitrogens with one attached hydrogen (secondary N) is 1. The van der Waals surface area contributed by atoms with Crippen molar-refractivity contribution in [1.29, 1.82) is 0 Å². The Labute approximate surface area is 242 Å². The van der Waals surface area contributed by atoms with Crippen molar-refractivity contribution in [2.75, 3.05) is 12.4 Å². The van der Waals surface area contributed by atoms with E-state index in [1.165, 1.54) is 33.0 Å². The number of benzene rings is 3. The topological polar surface area (TPSA) is 49.4 Å². The third kappa shape index (κ3) is 9.82. The van der Waals surface area contributed by atoms with Crippen LogP contribution in [0.3, 0.4) is 0 Å². The summed E-state index contributed by atoms with van der Waals surface area (Å²) in [6, 6.07) is 21.7. The zero-order chi connectivity index (χ0) is 29.7. The van der Waals surface area contributed by atoms with Crippen LogP contribution in [0.5, 0.6) is 0 Å². The van der Waals surface area contributed by atoms with Gasteiger partial charge in [-0.05, 0) is 98.2 Å². The van der Waals surface area contributed by atoms with Crippen LogP contribution in [0.25, 0.3) is 16.3 Å². The van der Waals surface area contributed by atoms with Crippen molar-refractivity contribution in [2.24, 2.45) is 5.92 Å². The molecule has 40 heavy (non-hydrogen) atoms. The highest BCUT2D eigenvalue weighted by Gasteiger charge is 2.12. The Morgan fingerprint density at radius 3 is 2.25 bits per heavy atom. The molecule has 0 fully saturated rings. The molecule has 0 saturated heterocycles. The third-order valence-electron chi connectivity index (χ3n) is 7.35. The van der Waals surface area contributed by atoms with Gasteiger partial charge in [-0.15, -0.1) is 0 Å². The average molecular weight is 541 g/mol. The standard InChI is InChI=1S/C28H34N2.C8H14O2/c1-6-12-28(29-25-18-17-22-13-9-10-14-23(22)19-25)30(5)20-24-15-11-16-27(21(4)7-2)26(24)8-3;1-6(8(3)10)4-5-7(2)9/h7,9-19,29H,6,8,20H2,1-5H3;6H,4-5H2,1-3H3/b21-7-,28-12?;. The lowest BCUT2D eigenvalue weighted by Gasteiger charge is -2.26. The van der Waals surface area contributed by atoms with Gasteiger partial charge in [0.15, 0.2) is 0 Å². The zero-order valence-corrected chi connectivity index (χ0v) is 25.8. The van der Waals surface area contributed by atoms with Crippen LogP contribution in [0.15, 0.2) is 78.6 Å². The molecule has 0 aromatic heterocycles. The number of Topliss-reactive ketones (excluding diaryl/α,β-unsaturated/α-hetero) is 2. The highest BCUT2D eigenvalue weighted by Crippen LogP contribution is 2.26. The van der Waals surface area contributed by atoms with E-state index in [1.54, 1.807) is 13.8 Å². The Hall–Kier alpha value is -3.66. The van der Waals surface area contributed by atoms with Gasteiger partial charge in [0.25, 0.3) is 0 Å². The van der Waals surface area contributed by atoms with Crippen molar-refractivity contribution in [3.8, 4) is 0 Å². The summed E-state index contributed by atoms with van der Waals surface area (Å²) in [5.41, 5.74) is 6.67. The zero-order valence-electron chi connectivity index (χ0n) is 25.8. The molecule has 4 heteroatoms. The summed E-state index contributed by atoms with van der Waals surface area (Å²) in [5.74, 6) is 1.52. The normalized spacial score (nSPS) is 12.4. The summed E-state index contributed by atoms with van der Waals surface area (Å²) in [6.07, 6.45) is 7.72. The van der Waals surface area contributed by atoms with Gasteiger partial charge in [0.2, 0.25) is 0 Å². The predicted octanol–water partition coefficient (Wildman–Crippen LogP) is 9.20. The van der Waals surface area contributed by atoms with E-state index in [0.717, 1.165) is 30.9 Å². The summed E-state index contributed by atoms with van der Waals surface area (Å²) in [5, 5.41) is 6.17. The summed E-state index contributed by atoms with van der Waals surface area (Å²) in [4.78, 5) is 23.4. The van der Waals surface area contributed by atoms with E-state index in [1.807, 2.05) is 6.92 Å². The second-order valence-corrected chi connectivity index (χ2v) is 10.6. The molecule has 0 aliphatic carbocycles.